The molecule has 1 amide bonds. The van der Waals surface area contributed by atoms with Crippen LogP contribution >= 0.6 is 0 Å². The maximum Gasteiger partial charge on any atom is 0.339 e. The average molecular weight is 403 g/mol. The van der Waals surface area contributed by atoms with Crippen LogP contribution in [0.1, 0.15) is 16.8 Å². The van der Waals surface area contributed by atoms with Crippen molar-refractivity contribution in [2.45, 2.75) is 6.42 Å². The number of nitrogens with zero attached hydrogens (tertiary/aromatic N) is 3. The Morgan fingerprint density at radius 1 is 1.13 bits per heavy atom. The Morgan fingerprint density at radius 2 is 1.90 bits per heavy atom. The van der Waals surface area contributed by atoms with E-state index in [1.807, 2.05) is 36.4 Å². The second-order valence-corrected chi connectivity index (χ2v) is 6.60. The van der Waals surface area contributed by atoms with Crippen molar-refractivity contribution in [3.05, 3.63) is 60.2 Å². The predicted octanol–water partition coefficient (Wildman–Crippen LogP) is 3.44. The van der Waals surface area contributed by atoms with Crippen LogP contribution in [0.25, 0.3) is 22.2 Å². The minimum Gasteiger partial charge on any atom is -0.497 e. The number of esters is 1. The van der Waals surface area contributed by atoms with E-state index in [1.165, 1.54) is 4.90 Å². The van der Waals surface area contributed by atoms with Gasteiger partial charge >= 0.3 is 5.97 Å². The van der Waals surface area contributed by atoms with Crippen LogP contribution in [0.15, 0.2) is 54.6 Å². The molecular formula is C23H21N3O4. The highest BCUT2D eigenvalue weighted by Crippen LogP contribution is 2.28. The summed E-state index contributed by atoms with van der Waals surface area (Å²) in [6.45, 7) is -0.129. The first-order valence-corrected chi connectivity index (χ1v) is 9.35. The van der Waals surface area contributed by atoms with Gasteiger partial charge in [0.15, 0.2) is 6.61 Å². The number of nitriles is 1. The molecule has 1 aromatic heterocycles. The van der Waals surface area contributed by atoms with Crippen LogP contribution in [0.2, 0.25) is 0 Å². The van der Waals surface area contributed by atoms with E-state index in [0.717, 1.165) is 5.56 Å². The highest BCUT2D eigenvalue weighted by Gasteiger charge is 2.18. The Balaban J connectivity index is 1.93. The zero-order chi connectivity index (χ0) is 21.5. The molecule has 0 spiro atoms. The van der Waals surface area contributed by atoms with E-state index in [9.17, 15) is 9.59 Å². The van der Waals surface area contributed by atoms with E-state index in [0.29, 0.717) is 27.9 Å². The number of hydrogen-bond acceptors (Lipinski definition) is 6. The van der Waals surface area contributed by atoms with E-state index >= 15 is 0 Å². The summed E-state index contributed by atoms with van der Waals surface area (Å²) in [6.07, 6.45) is 0.214. The Hall–Kier alpha value is -3.92. The maximum absolute atomic E-state index is 12.9. The molecule has 0 atom stereocenters. The van der Waals surface area contributed by atoms with Crippen molar-refractivity contribution in [3.63, 3.8) is 0 Å². The Labute approximate surface area is 174 Å². The average Bonchev–Trinajstić information content (AvgIpc) is 2.80. The zero-order valence-electron chi connectivity index (χ0n) is 16.8. The first kappa shape index (κ1) is 20.8. The minimum atomic E-state index is -0.630. The van der Waals surface area contributed by atoms with Gasteiger partial charge in [-0.15, -0.1) is 0 Å². The fourth-order valence-electron chi connectivity index (χ4n) is 2.92. The number of amides is 1. The normalized spacial score (nSPS) is 10.3. The Kier molecular flexibility index (Phi) is 6.60. The van der Waals surface area contributed by atoms with Crippen LogP contribution in [0, 0.1) is 11.3 Å². The van der Waals surface area contributed by atoms with Crippen LogP contribution in [0.5, 0.6) is 5.75 Å². The number of likely N-dealkylation sites (N-methyl/N-ethyl adjacent to an activating group) is 1. The molecule has 0 radical (unpaired) electrons. The second-order valence-electron chi connectivity index (χ2n) is 6.60. The summed E-state index contributed by atoms with van der Waals surface area (Å²) in [6, 6.07) is 18.4. The molecule has 0 fully saturated rings. The quantitative estimate of drug-likeness (QED) is 0.561. The molecule has 0 aliphatic carbocycles. The lowest BCUT2D eigenvalue weighted by Crippen LogP contribution is -2.32. The van der Waals surface area contributed by atoms with Crippen molar-refractivity contribution in [2.75, 3.05) is 27.3 Å². The van der Waals surface area contributed by atoms with Crippen molar-refractivity contribution >= 4 is 22.8 Å². The van der Waals surface area contributed by atoms with Gasteiger partial charge in [0.25, 0.3) is 5.91 Å². The molecule has 7 nitrogen and oxygen atoms in total. The number of benzene rings is 2. The lowest BCUT2D eigenvalue weighted by atomic mass is 10.0. The van der Waals surface area contributed by atoms with E-state index in [-0.39, 0.29) is 18.9 Å². The molecule has 3 rings (SSSR count). The van der Waals surface area contributed by atoms with Crippen molar-refractivity contribution in [1.82, 2.24) is 9.88 Å². The lowest BCUT2D eigenvalue weighted by Gasteiger charge is -2.16. The summed E-state index contributed by atoms with van der Waals surface area (Å²) >= 11 is 0. The number of carbonyl (C=O) groups is 2. The number of hydrogen-bond donors (Lipinski definition) is 0. The van der Waals surface area contributed by atoms with E-state index < -0.39 is 12.6 Å². The smallest absolute Gasteiger partial charge is 0.339 e. The molecular weight excluding hydrogens is 382 g/mol. The second kappa shape index (κ2) is 9.52. The monoisotopic (exact) mass is 403 g/mol. The van der Waals surface area contributed by atoms with Gasteiger partial charge in [0.1, 0.15) is 5.75 Å². The molecule has 0 bridgehead atoms. The molecule has 7 heteroatoms. The molecule has 3 aromatic rings. The van der Waals surface area contributed by atoms with Gasteiger partial charge in [-0.2, -0.15) is 5.26 Å². The van der Waals surface area contributed by atoms with Crippen molar-refractivity contribution in [3.8, 4) is 23.1 Å². The van der Waals surface area contributed by atoms with Crippen LogP contribution in [-0.2, 0) is 9.53 Å². The molecule has 0 saturated heterocycles. The Morgan fingerprint density at radius 3 is 2.60 bits per heavy atom. The fourth-order valence-corrected chi connectivity index (χ4v) is 2.92. The molecule has 0 unspecified atom stereocenters. The van der Waals surface area contributed by atoms with Gasteiger partial charge < -0.3 is 14.4 Å². The summed E-state index contributed by atoms with van der Waals surface area (Å²) in [7, 11) is 3.11. The van der Waals surface area contributed by atoms with Gasteiger partial charge in [-0.05, 0) is 24.3 Å². The van der Waals surface area contributed by atoms with Crippen LogP contribution < -0.4 is 4.74 Å². The molecule has 2 aromatic carbocycles. The maximum atomic E-state index is 12.9. The largest absolute Gasteiger partial charge is 0.497 e. The highest BCUT2D eigenvalue weighted by molar-refractivity contribution is 6.05. The van der Waals surface area contributed by atoms with Crippen LogP contribution in [0.4, 0.5) is 0 Å². The first-order valence-electron chi connectivity index (χ1n) is 9.35. The third-order valence-electron chi connectivity index (χ3n) is 4.62. The van der Waals surface area contributed by atoms with Crippen LogP contribution in [0.3, 0.4) is 0 Å². The molecule has 30 heavy (non-hydrogen) atoms. The van der Waals surface area contributed by atoms with Crippen molar-refractivity contribution in [2.24, 2.45) is 0 Å². The number of pyridine rings is 1. The third-order valence-corrected chi connectivity index (χ3v) is 4.62. The van der Waals surface area contributed by atoms with Gasteiger partial charge in [-0.3, -0.25) is 4.79 Å². The number of rotatable bonds is 7. The summed E-state index contributed by atoms with van der Waals surface area (Å²) in [5, 5.41) is 9.21. The van der Waals surface area contributed by atoms with Crippen LogP contribution in [-0.4, -0.2) is 49.1 Å². The molecule has 152 valence electrons. The summed E-state index contributed by atoms with van der Waals surface area (Å²) in [5.41, 5.74) is 2.39. The number of fused-ring (bicyclic) bond motifs is 1. The fraction of sp³-hybridized carbons (Fsp3) is 0.217. The molecule has 1 heterocycles. The van der Waals surface area contributed by atoms with Crippen molar-refractivity contribution in [1.29, 1.82) is 5.26 Å². The molecule has 0 N–H and O–H groups in total. The van der Waals surface area contributed by atoms with Gasteiger partial charge in [0.2, 0.25) is 0 Å². The molecule has 0 aliphatic heterocycles. The van der Waals surface area contributed by atoms with Gasteiger partial charge in [-0.1, -0.05) is 30.3 Å². The third kappa shape index (κ3) is 4.73. The standard InChI is InChI=1S/C23H21N3O4/c1-26(12-6-11-24)22(27)15-30-23(28)19-14-21(16-7-4-3-5-8-16)25-20-10-9-17(29-2)13-18(19)20/h3-5,7-10,13-14H,6,12,15H2,1-2H3. The van der Waals surface area contributed by atoms with E-state index in [1.54, 1.807) is 38.4 Å². The van der Waals surface area contributed by atoms with Gasteiger partial charge in [0, 0.05) is 24.5 Å². The zero-order valence-corrected chi connectivity index (χ0v) is 16.8. The number of ether oxygens (including phenoxy) is 2. The van der Waals surface area contributed by atoms with Gasteiger partial charge in [-0.25, -0.2) is 9.78 Å². The summed E-state index contributed by atoms with van der Waals surface area (Å²) < 4.78 is 10.6. The van der Waals surface area contributed by atoms with Crippen molar-refractivity contribution < 1.29 is 19.1 Å². The lowest BCUT2D eigenvalue weighted by molar-refractivity contribution is -0.133. The number of aromatic nitrogens is 1. The molecule has 0 aliphatic rings. The van der Waals surface area contributed by atoms with Gasteiger partial charge in [0.05, 0.1) is 36.4 Å². The highest BCUT2D eigenvalue weighted by atomic mass is 16.5. The minimum absolute atomic E-state index is 0.214. The molecule has 0 saturated carbocycles. The Bertz CT molecular complexity index is 1110. The predicted molar refractivity (Wildman–Crippen MR) is 112 cm³/mol. The number of methoxy groups -OCH3 is 1. The number of carbonyl (C=O) groups excluding carboxylic acids is 2. The van der Waals surface area contributed by atoms with E-state index in [2.05, 4.69) is 4.98 Å². The topological polar surface area (TPSA) is 92.5 Å². The summed E-state index contributed by atoms with van der Waals surface area (Å²) in [4.78, 5) is 31.0. The SMILES string of the molecule is COc1ccc2nc(-c3ccccc3)cc(C(=O)OCC(=O)N(C)CCC#N)c2c1. The summed E-state index contributed by atoms with van der Waals surface area (Å²) in [5.74, 6) is -0.425. The van der Waals surface area contributed by atoms with E-state index in [4.69, 9.17) is 14.7 Å². The first-order chi connectivity index (χ1) is 14.5.